The van der Waals surface area contributed by atoms with Crippen LogP contribution in [-0.4, -0.2) is 0 Å². The topological polar surface area (TPSA) is 0 Å². The lowest BCUT2D eigenvalue weighted by molar-refractivity contribution is 1.23. The Morgan fingerprint density at radius 1 is 0.440 bits per heavy atom. The van der Waals surface area contributed by atoms with Gasteiger partial charge in [0.15, 0.2) is 0 Å². The van der Waals surface area contributed by atoms with Crippen molar-refractivity contribution in [2.24, 2.45) is 0 Å². The third-order valence-corrected chi connectivity index (χ3v) is 5.06. The molecule has 0 aliphatic carbocycles. The Hall–Kier alpha value is -3.12. The molecule has 0 saturated carbocycles. The van der Waals surface area contributed by atoms with E-state index >= 15 is 0 Å². The van der Waals surface area contributed by atoms with Crippen LogP contribution in [0.5, 0.6) is 0 Å². The minimum atomic E-state index is 0.955. The average Bonchev–Trinajstić information content (AvgIpc) is 2.67. The van der Waals surface area contributed by atoms with Crippen molar-refractivity contribution in [3.05, 3.63) is 108 Å². The standard InChI is InChI=1S/C25H18/c1-2-8-18(9-3-1)14-25-23-13-7-6-12-21(23)16-22-15-19-10-4-5-11-20(19)17-24(22)25/h1-13,15-17H,14H2. The molecule has 0 amide bonds. The molecule has 0 aliphatic heterocycles. The third kappa shape index (κ3) is 2.47. The van der Waals surface area contributed by atoms with Crippen molar-refractivity contribution < 1.29 is 0 Å². The average molecular weight is 318 g/mol. The second-order valence-electron chi connectivity index (χ2n) is 6.66. The van der Waals surface area contributed by atoms with Gasteiger partial charge in [0, 0.05) is 0 Å². The summed E-state index contributed by atoms with van der Waals surface area (Å²) in [7, 11) is 0. The highest BCUT2D eigenvalue weighted by atomic mass is 14.1. The van der Waals surface area contributed by atoms with Gasteiger partial charge in [-0.15, -0.1) is 0 Å². The van der Waals surface area contributed by atoms with Gasteiger partial charge in [-0.25, -0.2) is 0 Å². The van der Waals surface area contributed by atoms with Crippen LogP contribution in [0.25, 0.3) is 32.3 Å². The Morgan fingerprint density at radius 2 is 1.04 bits per heavy atom. The highest BCUT2D eigenvalue weighted by Gasteiger charge is 2.09. The van der Waals surface area contributed by atoms with Crippen molar-refractivity contribution in [1.82, 2.24) is 0 Å². The molecule has 0 aromatic heterocycles. The SMILES string of the molecule is c1ccc(Cc2c3ccccc3cc3cc4ccccc4cc23)cc1. The molecule has 0 bridgehead atoms. The quantitative estimate of drug-likeness (QED) is 0.316. The number of rotatable bonds is 2. The van der Waals surface area contributed by atoms with E-state index < -0.39 is 0 Å². The zero-order valence-electron chi connectivity index (χ0n) is 13.9. The highest BCUT2D eigenvalue weighted by Crippen LogP contribution is 2.33. The van der Waals surface area contributed by atoms with Crippen LogP contribution < -0.4 is 0 Å². The lowest BCUT2D eigenvalue weighted by Gasteiger charge is -2.13. The van der Waals surface area contributed by atoms with Crippen LogP contribution in [0.15, 0.2) is 97.1 Å². The minimum Gasteiger partial charge on any atom is -0.0622 e. The molecule has 0 unspecified atom stereocenters. The fourth-order valence-electron chi connectivity index (χ4n) is 3.84. The van der Waals surface area contributed by atoms with Crippen LogP contribution in [-0.2, 0) is 6.42 Å². The van der Waals surface area contributed by atoms with Gasteiger partial charge in [0.2, 0.25) is 0 Å². The van der Waals surface area contributed by atoms with Gasteiger partial charge in [0.25, 0.3) is 0 Å². The summed E-state index contributed by atoms with van der Waals surface area (Å²) >= 11 is 0. The second-order valence-corrected chi connectivity index (χ2v) is 6.66. The summed E-state index contributed by atoms with van der Waals surface area (Å²) in [5.74, 6) is 0. The molecule has 5 rings (SSSR count). The molecule has 118 valence electrons. The first-order valence-corrected chi connectivity index (χ1v) is 8.75. The van der Waals surface area contributed by atoms with Gasteiger partial charge < -0.3 is 0 Å². The first kappa shape index (κ1) is 14.2. The molecule has 0 radical (unpaired) electrons. The van der Waals surface area contributed by atoms with Gasteiger partial charge in [0.1, 0.15) is 0 Å². The molecule has 0 spiro atoms. The van der Waals surface area contributed by atoms with Crippen LogP contribution in [0.1, 0.15) is 11.1 Å². The normalized spacial score (nSPS) is 11.4. The molecule has 0 fully saturated rings. The van der Waals surface area contributed by atoms with E-state index in [2.05, 4.69) is 97.1 Å². The molecule has 5 aromatic rings. The van der Waals surface area contributed by atoms with Gasteiger partial charge in [-0.05, 0) is 68.1 Å². The smallest absolute Gasteiger partial charge is 0.00134 e. The number of fused-ring (bicyclic) bond motifs is 3. The summed E-state index contributed by atoms with van der Waals surface area (Å²) in [6.07, 6.45) is 0.955. The Balaban J connectivity index is 1.87. The molecule has 0 saturated heterocycles. The Morgan fingerprint density at radius 3 is 1.84 bits per heavy atom. The predicted molar refractivity (Wildman–Crippen MR) is 108 cm³/mol. The van der Waals surface area contributed by atoms with Gasteiger partial charge in [-0.3, -0.25) is 0 Å². The molecular weight excluding hydrogens is 300 g/mol. The Labute approximate surface area is 147 Å². The largest absolute Gasteiger partial charge is 0.0622 e. The van der Waals surface area contributed by atoms with Crippen LogP contribution >= 0.6 is 0 Å². The van der Waals surface area contributed by atoms with Crippen molar-refractivity contribution in [3.63, 3.8) is 0 Å². The molecule has 0 heterocycles. The number of hydrogen-bond acceptors (Lipinski definition) is 0. The van der Waals surface area contributed by atoms with E-state index in [1.54, 1.807) is 0 Å². The maximum Gasteiger partial charge on any atom is -0.00134 e. The molecular formula is C25H18. The van der Waals surface area contributed by atoms with Crippen LogP contribution in [0, 0.1) is 0 Å². The number of hydrogen-bond donors (Lipinski definition) is 0. The minimum absolute atomic E-state index is 0.955. The van der Waals surface area contributed by atoms with E-state index in [0.717, 1.165) is 6.42 Å². The zero-order chi connectivity index (χ0) is 16.6. The fourth-order valence-corrected chi connectivity index (χ4v) is 3.84. The molecule has 0 N–H and O–H groups in total. The summed E-state index contributed by atoms with van der Waals surface area (Å²) < 4.78 is 0. The van der Waals surface area contributed by atoms with E-state index in [-0.39, 0.29) is 0 Å². The molecule has 5 aromatic carbocycles. The summed E-state index contributed by atoms with van der Waals surface area (Å²) in [4.78, 5) is 0. The summed E-state index contributed by atoms with van der Waals surface area (Å²) in [6.45, 7) is 0. The molecule has 0 heteroatoms. The van der Waals surface area contributed by atoms with Gasteiger partial charge in [-0.2, -0.15) is 0 Å². The molecule has 0 nitrogen and oxygen atoms in total. The van der Waals surface area contributed by atoms with Crippen LogP contribution in [0.2, 0.25) is 0 Å². The monoisotopic (exact) mass is 318 g/mol. The van der Waals surface area contributed by atoms with Crippen LogP contribution in [0.4, 0.5) is 0 Å². The van der Waals surface area contributed by atoms with Crippen molar-refractivity contribution >= 4 is 32.3 Å². The lowest BCUT2D eigenvalue weighted by Crippen LogP contribution is -1.92. The van der Waals surface area contributed by atoms with Crippen molar-refractivity contribution in [3.8, 4) is 0 Å². The van der Waals surface area contributed by atoms with E-state index in [9.17, 15) is 0 Å². The molecule has 0 atom stereocenters. The van der Waals surface area contributed by atoms with Gasteiger partial charge in [0.05, 0.1) is 0 Å². The zero-order valence-corrected chi connectivity index (χ0v) is 13.9. The van der Waals surface area contributed by atoms with Crippen LogP contribution in [0.3, 0.4) is 0 Å². The predicted octanol–water partition coefficient (Wildman–Crippen LogP) is 6.74. The van der Waals surface area contributed by atoms with Gasteiger partial charge >= 0.3 is 0 Å². The van der Waals surface area contributed by atoms with Crippen molar-refractivity contribution in [1.29, 1.82) is 0 Å². The van der Waals surface area contributed by atoms with Crippen molar-refractivity contribution in [2.45, 2.75) is 6.42 Å². The van der Waals surface area contributed by atoms with E-state index in [0.29, 0.717) is 0 Å². The summed E-state index contributed by atoms with van der Waals surface area (Å²) in [5, 5.41) is 7.96. The van der Waals surface area contributed by atoms with Crippen molar-refractivity contribution in [2.75, 3.05) is 0 Å². The molecule has 0 aliphatic rings. The highest BCUT2D eigenvalue weighted by molar-refractivity contribution is 6.07. The van der Waals surface area contributed by atoms with Gasteiger partial charge in [-0.1, -0.05) is 78.9 Å². The first-order valence-electron chi connectivity index (χ1n) is 8.75. The Kier molecular flexibility index (Phi) is 3.28. The lowest BCUT2D eigenvalue weighted by atomic mass is 9.91. The van der Waals surface area contributed by atoms with E-state index in [1.165, 1.54) is 43.4 Å². The molecule has 25 heavy (non-hydrogen) atoms. The summed E-state index contributed by atoms with van der Waals surface area (Å²) in [5.41, 5.74) is 2.78. The van der Waals surface area contributed by atoms with E-state index in [1.807, 2.05) is 0 Å². The first-order chi connectivity index (χ1) is 12.4. The summed E-state index contributed by atoms with van der Waals surface area (Å²) in [6, 6.07) is 35.1. The maximum atomic E-state index is 2.36. The second kappa shape index (κ2) is 5.75. The van der Waals surface area contributed by atoms with E-state index in [4.69, 9.17) is 0 Å². The fraction of sp³-hybridized carbons (Fsp3) is 0.0400. The third-order valence-electron chi connectivity index (χ3n) is 5.06. The number of benzene rings is 5. The Bertz CT molecular complexity index is 1200. The maximum absolute atomic E-state index is 2.36.